The van der Waals surface area contributed by atoms with Gasteiger partial charge < -0.3 is 15.1 Å². The molecule has 0 amide bonds. The van der Waals surface area contributed by atoms with Crippen LogP contribution in [0.25, 0.3) is 0 Å². The SMILES string of the molecule is N=C(c1ccc(O)c(C(=O)O)c1)N1CCCC1. The van der Waals surface area contributed by atoms with E-state index < -0.39 is 5.97 Å². The van der Waals surface area contributed by atoms with Crippen LogP contribution in [0.4, 0.5) is 0 Å². The van der Waals surface area contributed by atoms with Gasteiger partial charge in [-0.1, -0.05) is 0 Å². The van der Waals surface area contributed by atoms with Gasteiger partial charge in [0.05, 0.1) is 0 Å². The summed E-state index contributed by atoms with van der Waals surface area (Å²) in [5.74, 6) is -1.13. The summed E-state index contributed by atoms with van der Waals surface area (Å²) in [6.45, 7) is 1.67. The maximum atomic E-state index is 10.9. The molecule has 1 aromatic carbocycles. The van der Waals surface area contributed by atoms with E-state index in [1.807, 2.05) is 4.90 Å². The molecule has 1 fully saturated rings. The fourth-order valence-electron chi connectivity index (χ4n) is 1.98. The molecule has 1 aliphatic heterocycles. The van der Waals surface area contributed by atoms with Crippen LogP contribution in [0.1, 0.15) is 28.8 Å². The van der Waals surface area contributed by atoms with Crippen LogP contribution in [-0.4, -0.2) is 40.0 Å². The Kier molecular flexibility index (Phi) is 2.99. The number of aromatic hydroxyl groups is 1. The van der Waals surface area contributed by atoms with Crippen LogP contribution in [0, 0.1) is 5.41 Å². The van der Waals surface area contributed by atoms with Crippen LogP contribution >= 0.6 is 0 Å². The molecule has 0 aromatic heterocycles. The van der Waals surface area contributed by atoms with Gasteiger partial charge in [-0.25, -0.2) is 4.79 Å². The highest BCUT2D eigenvalue weighted by atomic mass is 16.4. The molecule has 0 saturated carbocycles. The van der Waals surface area contributed by atoms with Gasteiger partial charge in [-0.15, -0.1) is 0 Å². The van der Waals surface area contributed by atoms with Crippen molar-refractivity contribution in [2.24, 2.45) is 0 Å². The number of nitrogens with zero attached hydrogens (tertiary/aromatic N) is 1. The van der Waals surface area contributed by atoms with E-state index in [9.17, 15) is 9.90 Å². The van der Waals surface area contributed by atoms with Gasteiger partial charge in [-0.3, -0.25) is 5.41 Å². The van der Waals surface area contributed by atoms with Crippen LogP contribution in [0.3, 0.4) is 0 Å². The average Bonchev–Trinajstić information content (AvgIpc) is 2.81. The molecule has 0 atom stereocenters. The fraction of sp³-hybridized carbons (Fsp3) is 0.333. The number of nitrogens with one attached hydrogen (secondary N) is 1. The van der Waals surface area contributed by atoms with Gasteiger partial charge in [0.25, 0.3) is 0 Å². The fourth-order valence-corrected chi connectivity index (χ4v) is 1.98. The van der Waals surface area contributed by atoms with Gasteiger partial charge in [-0.05, 0) is 31.0 Å². The lowest BCUT2D eigenvalue weighted by Crippen LogP contribution is -2.27. The standard InChI is InChI=1S/C12H14N2O3/c13-11(14-5-1-2-6-14)8-3-4-10(15)9(7-8)12(16)17/h3-4,7,13,15H,1-2,5-6H2,(H,16,17). The Morgan fingerprint density at radius 2 is 1.94 bits per heavy atom. The molecular formula is C12H14N2O3. The molecule has 0 bridgehead atoms. The smallest absolute Gasteiger partial charge is 0.339 e. The third kappa shape index (κ3) is 2.22. The molecule has 5 nitrogen and oxygen atoms in total. The van der Waals surface area contributed by atoms with Crippen LogP contribution in [-0.2, 0) is 0 Å². The van der Waals surface area contributed by atoms with Crippen molar-refractivity contribution < 1.29 is 15.0 Å². The summed E-state index contributed by atoms with van der Waals surface area (Å²) in [6, 6.07) is 4.24. The summed E-state index contributed by atoms with van der Waals surface area (Å²) in [6.07, 6.45) is 2.12. The second-order valence-corrected chi connectivity index (χ2v) is 4.08. The molecule has 1 heterocycles. The first-order valence-electron chi connectivity index (χ1n) is 5.50. The number of carboxylic acids is 1. The number of hydrogen-bond donors (Lipinski definition) is 3. The molecule has 90 valence electrons. The van der Waals surface area contributed by atoms with E-state index in [2.05, 4.69) is 0 Å². The highest BCUT2D eigenvalue weighted by molar-refractivity contribution is 6.00. The molecule has 1 saturated heterocycles. The van der Waals surface area contributed by atoms with Crippen LogP contribution in [0.5, 0.6) is 5.75 Å². The van der Waals surface area contributed by atoms with Gasteiger partial charge in [-0.2, -0.15) is 0 Å². The molecule has 17 heavy (non-hydrogen) atoms. The summed E-state index contributed by atoms with van der Waals surface area (Å²) in [4.78, 5) is 12.8. The maximum Gasteiger partial charge on any atom is 0.339 e. The molecule has 5 heteroatoms. The summed E-state index contributed by atoms with van der Waals surface area (Å²) in [7, 11) is 0. The first-order chi connectivity index (χ1) is 8.09. The van der Waals surface area contributed by atoms with E-state index in [0.29, 0.717) is 11.4 Å². The third-order valence-electron chi connectivity index (χ3n) is 2.92. The van der Waals surface area contributed by atoms with Crippen molar-refractivity contribution in [3.05, 3.63) is 29.3 Å². The minimum Gasteiger partial charge on any atom is -0.507 e. The molecule has 2 rings (SSSR count). The number of phenols is 1. The van der Waals surface area contributed by atoms with E-state index in [0.717, 1.165) is 25.9 Å². The van der Waals surface area contributed by atoms with E-state index in [4.69, 9.17) is 10.5 Å². The van der Waals surface area contributed by atoms with Crippen LogP contribution in [0.15, 0.2) is 18.2 Å². The topological polar surface area (TPSA) is 84.6 Å². The minimum atomic E-state index is -1.18. The number of likely N-dealkylation sites (tertiary alicyclic amines) is 1. The van der Waals surface area contributed by atoms with Crippen LogP contribution < -0.4 is 0 Å². The summed E-state index contributed by atoms with van der Waals surface area (Å²) >= 11 is 0. The van der Waals surface area contributed by atoms with Gasteiger partial charge in [0.2, 0.25) is 0 Å². The Morgan fingerprint density at radius 3 is 2.53 bits per heavy atom. The monoisotopic (exact) mass is 234 g/mol. The summed E-state index contributed by atoms with van der Waals surface area (Å²) in [5.41, 5.74) is 0.369. The first kappa shape index (κ1) is 11.4. The van der Waals surface area contributed by atoms with E-state index in [1.165, 1.54) is 12.1 Å². The number of carbonyl (C=O) groups is 1. The number of hydrogen-bond acceptors (Lipinski definition) is 3. The summed E-state index contributed by atoms with van der Waals surface area (Å²) < 4.78 is 0. The molecular weight excluding hydrogens is 220 g/mol. The Hall–Kier alpha value is -2.04. The number of benzene rings is 1. The van der Waals surface area contributed by atoms with Crippen molar-refractivity contribution in [3.8, 4) is 5.75 Å². The van der Waals surface area contributed by atoms with E-state index in [-0.39, 0.29) is 11.3 Å². The molecule has 1 aromatic rings. The van der Waals surface area contributed by atoms with Crippen molar-refractivity contribution in [1.82, 2.24) is 4.90 Å². The second-order valence-electron chi connectivity index (χ2n) is 4.08. The third-order valence-corrected chi connectivity index (χ3v) is 2.92. The van der Waals surface area contributed by atoms with Crippen molar-refractivity contribution in [2.45, 2.75) is 12.8 Å². The van der Waals surface area contributed by atoms with Crippen molar-refractivity contribution in [2.75, 3.05) is 13.1 Å². The molecule has 3 N–H and O–H groups in total. The maximum absolute atomic E-state index is 10.9. The number of carboxylic acid groups (broad SMARTS) is 1. The molecule has 0 spiro atoms. The lowest BCUT2D eigenvalue weighted by atomic mass is 10.1. The quantitative estimate of drug-likeness (QED) is 0.535. The number of aromatic carboxylic acids is 1. The van der Waals surface area contributed by atoms with Gasteiger partial charge in [0.15, 0.2) is 0 Å². The zero-order valence-corrected chi connectivity index (χ0v) is 9.31. The predicted molar refractivity (Wildman–Crippen MR) is 62.7 cm³/mol. The zero-order valence-electron chi connectivity index (χ0n) is 9.31. The lowest BCUT2D eigenvalue weighted by molar-refractivity contribution is 0.0693. The van der Waals surface area contributed by atoms with Crippen molar-refractivity contribution in [1.29, 1.82) is 5.41 Å². The highest BCUT2D eigenvalue weighted by Crippen LogP contribution is 2.20. The Morgan fingerprint density at radius 1 is 1.29 bits per heavy atom. The van der Waals surface area contributed by atoms with Crippen LogP contribution in [0.2, 0.25) is 0 Å². The predicted octanol–water partition coefficient (Wildman–Crippen LogP) is 1.51. The van der Waals surface area contributed by atoms with Gasteiger partial charge >= 0.3 is 5.97 Å². The van der Waals surface area contributed by atoms with Gasteiger partial charge in [0, 0.05) is 18.7 Å². The number of rotatable bonds is 2. The number of amidine groups is 1. The average molecular weight is 234 g/mol. The van der Waals surface area contributed by atoms with E-state index >= 15 is 0 Å². The van der Waals surface area contributed by atoms with Crippen molar-refractivity contribution in [3.63, 3.8) is 0 Å². The Bertz CT molecular complexity index is 465. The zero-order chi connectivity index (χ0) is 12.4. The molecule has 0 radical (unpaired) electrons. The largest absolute Gasteiger partial charge is 0.507 e. The molecule has 1 aliphatic rings. The lowest BCUT2D eigenvalue weighted by Gasteiger charge is -2.18. The first-order valence-corrected chi connectivity index (χ1v) is 5.50. The van der Waals surface area contributed by atoms with Crippen molar-refractivity contribution >= 4 is 11.8 Å². The Labute approximate surface area is 98.8 Å². The highest BCUT2D eigenvalue weighted by Gasteiger charge is 2.18. The van der Waals surface area contributed by atoms with Gasteiger partial charge in [0.1, 0.15) is 17.1 Å². The van der Waals surface area contributed by atoms with E-state index in [1.54, 1.807) is 6.07 Å². The molecule has 0 aliphatic carbocycles. The summed E-state index contributed by atoms with van der Waals surface area (Å²) in [5, 5.41) is 26.3. The second kappa shape index (κ2) is 4.45. The minimum absolute atomic E-state index is 0.161. The molecule has 0 unspecified atom stereocenters. The normalized spacial score (nSPS) is 14.9. The Balaban J connectivity index is 2.29.